The maximum absolute atomic E-state index is 12.4. The number of rotatable bonds is 2. The van der Waals surface area contributed by atoms with Crippen molar-refractivity contribution in [2.75, 3.05) is 19.7 Å². The normalized spacial score (nSPS) is 20.1. The average Bonchev–Trinajstić information content (AvgIpc) is 2.94. The van der Waals surface area contributed by atoms with Crippen molar-refractivity contribution >= 4 is 11.5 Å². The Balaban J connectivity index is 1.40. The van der Waals surface area contributed by atoms with Gasteiger partial charge in [0.15, 0.2) is 0 Å². The highest BCUT2D eigenvalue weighted by molar-refractivity contribution is 5.74. The van der Waals surface area contributed by atoms with E-state index in [2.05, 4.69) is 10.4 Å². The molecule has 0 radical (unpaired) electrons. The van der Waals surface area contributed by atoms with Gasteiger partial charge in [-0.3, -0.25) is 0 Å². The fraction of sp³-hybridized carbons (Fsp3) is 0.500. The lowest BCUT2D eigenvalue weighted by Gasteiger charge is -2.48. The molecular formula is C16H20N4O2. The second-order valence-corrected chi connectivity index (χ2v) is 6.17. The summed E-state index contributed by atoms with van der Waals surface area (Å²) in [6.07, 6.45) is 7.07. The summed E-state index contributed by atoms with van der Waals surface area (Å²) in [4.78, 5) is 14.3. The molecule has 6 heteroatoms. The Morgan fingerprint density at radius 3 is 3.14 bits per heavy atom. The minimum atomic E-state index is -0.0556. The van der Waals surface area contributed by atoms with Crippen LogP contribution in [-0.2, 0) is 11.3 Å². The summed E-state index contributed by atoms with van der Waals surface area (Å²) in [5.74, 6) is 0. The van der Waals surface area contributed by atoms with Crippen molar-refractivity contribution < 1.29 is 9.53 Å². The first-order valence-corrected chi connectivity index (χ1v) is 7.84. The van der Waals surface area contributed by atoms with Crippen molar-refractivity contribution in [3.63, 3.8) is 0 Å². The molecule has 1 aliphatic carbocycles. The summed E-state index contributed by atoms with van der Waals surface area (Å²) in [6, 6.07) is 5.91. The van der Waals surface area contributed by atoms with Gasteiger partial charge in [0, 0.05) is 24.8 Å². The van der Waals surface area contributed by atoms with E-state index in [1.165, 1.54) is 6.42 Å². The van der Waals surface area contributed by atoms with E-state index in [1.807, 2.05) is 40.0 Å². The Morgan fingerprint density at radius 2 is 2.32 bits per heavy atom. The maximum Gasteiger partial charge on any atom is 0.317 e. The molecule has 1 saturated carbocycles. The van der Waals surface area contributed by atoms with Crippen molar-refractivity contribution in [1.29, 1.82) is 0 Å². The molecule has 1 saturated heterocycles. The number of carbonyl (C=O) groups is 1. The zero-order chi connectivity index (χ0) is 15.0. The van der Waals surface area contributed by atoms with Gasteiger partial charge in [-0.25, -0.2) is 9.31 Å². The van der Waals surface area contributed by atoms with Crippen LogP contribution in [0.4, 0.5) is 4.79 Å². The molecule has 0 unspecified atom stereocenters. The van der Waals surface area contributed by atoms with Crippen molar-refractivity contribution in [2.45, 2.75) is 31.4 Å². The van der Waals surface area contributed by atoms with E-state index in [1.54, 1.807) is 0 Å². The fourth-order valence-corrected chi connectivity index (χ4v) is 3.30. The first kappa shape index (κ1) is 13.6. The first-order chi connectivity index (χ1) is 10.8. The number of urea groups is 1. The van der Waals surface area contributed by atoms with E-state index in [-0.39, 0.29) is 11.6 Å². The lowest BCUT2D eigenvalue weighted by Crippen LogP contribution is -2.58. The Bertz CT molecular complexity index is 692. The SMILES string of the molecule is O=C(NCc1cnn2ccccc12)N1CCOC2(CCC2)C1. The molecule has 0 atom stereocenters. The standard InChI is InChI=1S/C16H20N4O2/c21-15(19-8-9-22-16(12-19)5-3-6-16)17-10-13-11-18-20-7-2-1-4-14(13)20/h1-2,4,7,11H,3,5-6,8-10,12H2,(H,17,21). The van der Waals surface area contributed by atoms with Crippen LogP contribution in [0.25, 0.3) is 5.52 Å². The van der Waals surface area contributed by atoms with Crippen LogP contribution in [0.5, 0.6) is 0 Å². The Hall–Kier alpha value is -2.08. The van der Waals surface area contributed by atoms with Crippen LogP contribution in [0.1, 0.15) is 24.8 Å². The van der Waals surface area contributed by atoms with Crippen LogP contribution >= 0.6 is 0 Å². The van der Waals surface area contributed by atoms with Gasteiger partial charge in [0.2, 0.25) is 0 Å². The first-order valence-electron chi connectivity index (χ1n) is 7.84. The highest BCUT2D eigenvalue weighted by Crippen LogP contribution is 2.38. The maximum atomic E-state index is 12.4. The van der Waals surface area contributed by atoms with Crippen LogP contribution in [0.3, 0.4) is 0 Å². The number of nitrogens with one attached hydrogen (secondary N) is 1. The summed E-state index contributed by atoms with van der Waals surface area (Å²) in [6.45, 7) is 2.52. The van der Waals surface area contributed by atoms with Crippen molar-refractivity contribution in [2.24, 2.45) is 0 Å². The van der Waals surface area contributed by atoms with Crippen molar-refractivity contribution in [3.05, 3.63) is 36.2 Å². The molecule has 0 aromatic carbocycles. The molecular weight excluding hydrogens is 280 g/mol. The van der Waals surface area contributed by atoms with Crippen molar-refractivity contribution in [3.8, 4) is 0 Å². The highest BCUT2D eigenvalue weighted by Gasteiger charge is 2.43. The third-order valence-electron chi connectivity index (χ3n) is 4.74. The Kier molecular flexibility index (Phi) is 3.26. The van der Waals surface area contributed by atoms with E-state index in [9.17, 15) is 4.79 Å². The molecule has 1 aliphatic heterocycles. The summed E-state index contributed by atoms with van der Waals surface area (Å²) in [5.41, 5.74) is 2.00. The molecule has 22 heavy (non-hydrogen) atoms. The molecule has 6 nitrogen and oxygen atoms in total. The van der Waals surface area contributed by atoms with Gasteiger partial charge in [-0.15, -0.1) is 0 Å². The number of hydrogen-bond acceptors (Lipinski definition) is 3. The predicted molar refractivity (Wildman–Crippen MR) is 81.5 cm³/mol. The van der Waals surface area contributed by atoms with E-state index in [4.69, 9.17) is 4.74 Å². The highest BCUT2D eigenvalue weighted by atomic mass is 16.5. The topological polar surface area (TPSA) is 58.9 Å². The molecule has 1 N–H and O–H groups in total. The summed E-state index contributed by atoms with van der Waals surface area (Å²) >= 11 is 0. The van der Waals surface area contributed by atoms with E-state index in [0.717, 1.165) is 23.9 Å². The van der Waals surface area contributed by atoms with Crippen molar-refractivity contribution in [1.82, 2.24) is 19.8 Å². The van der Waals surface area contributed by atoms with Crippen LogP contribution in [-0.4, -0.2) is 45.8 Å². The smallest absolute Gasteiger partial charge is 0.317 e. The number of ether oxygens (including phenoxy) is 1. The van der Waals surface area contributed by atoms with Gasteiger partial charge < -0.3 is 15.0 Å². The van der Waals surface area contributed by atoms with Gasteiger partial charge in [-0.1, -0.05) is 6.07 Å². The minimum absolute atomic E-state index is 0.00939. The second-order valence-electron chi connectivity index (χ2n) is 6.17. The zero-order valence-corrected chi connectivity index (χ0v) is 12.5. The molecule has 4 rings (SSSR count). The van der Waals surface area contributed by atoms with Crippen LogP contribution in [0, 0.1) is 0 Å². The van der Waals surface area contributed by atoms with E-state index < -0.39 is 0 Å². The number of fused-ring (bicyclic) bond motifs is 1. The van der Waals surface area contributed by atoms with Gasteiger partial charge in [0.25, 0.3) is 0 Å². The third kappa shape index (κ3) is 2.33. The second kappa shape index (κ2) is 5.28. The van der Waals surface area contributed by atoms with E-state index >= 15 is 0 Å². The molecule has 2 aromatic rings. The lowest BCUT2D eigenvalue weighted by molar-refractivity contribution is -0.141. The number of aromatic nitrogens is 2. The Labute approximate surface area is 129 Å². The number of hydrogen-bond donors (Lipinski definition) is 1. The van der Waals surface area contributed by atoms with Crippen LogP contribution in [0.2, 0.25) is 0 Å². The van der Waals surface area contributed by atoms with Gasteiger partial charge in [-0.2, -0.15) is 5.10 Å². The van der Waals surface area contributed by atoms with Gasteiger partial charge in [0.1, 0.15) is 0 Å². The van der Waals surface area contributed by atoms with Gasteiger partial charge in [-0.05, 0) is 31.4 Å². The third-order valence-corrected chi connectivity index (χ3v) is 4.74. The number of pyridine rings is 1. The molecule has 1 spiro atoms. The number of carbonyl (C=O) groups excluding carboxylic acids is 1. The molecule has 2 aliphatic rings. The van der Waals surface area contributed by atoms with Gasteiger partial charge in [0.05, 0.1) is 30.5 Å². The molecule has 0 bridgehead atoms. The predicted octanol–water partition coefficient (Wildman–Crippen LogP) is 1.80. The number of nitrogens with zero attached hydrogens (tertiary/aromatic N) is 3. The largest absolute Gasteiger partial charge is 0.371 e. The molecule has 2 aromatic heterocycles. The molecule has 116 valence electrons. The van der Waals surface area contributed by atoms with Gasteiger partial charge >= 0.3 is 6.03 Å². The quantitative estimate of drug-likeness (QED) is 0.920. The molecule has 2 amide bonds. The zero-order valence-electron chi connectivity index (χ0n) is 12.5. The van der Waals surface area contributed by atoms with Crippen LogP contribution < -0.4 is 5.32 Å². The van der Waals surface area contributed by atoms with Crippen LogP contribution in [0.15, 0.2) is 30.6 Å². The summed E-state index contributed by atoms with van der Waals surface area (Å²) in [5, 5.41) is 7.30. The fourth-order valence-electron chi connectivity index (χ4n) is 3.30. The number of morpholine rings is 1. The summed E-state index contributed by atoms with van der Waals surface area (Å²) < 4.78 is 7.67. The molecule has 2 fully saturated rings. The molecule has 3 heterocycles. The average molecular weight is 300 g/mol. The summed E-state index contributed by atoms with van der Waals surface area (Å²) in [7, 11) is 0. The monoisotopic (exact) mass is 300 g/mol. The van der Waals surface area contributed by atoms with E-state index in [0.29, 0.717) is 26.2 Å². The number of amides is 2. The lowest BCUT2D eigenvalue weighted by atomic mass is 9.79. The minimum Gasteiger partial charge on any atom is -0.371 e. The Morgan fingerprint density at radius 1 is 1.41 bits per heavy atom.